The van der Waals surface area contributed by atoms with Crippen molar-refractivity contribution in [2.75, 3.05) is 4.72 Å². The number of anilines is 1. The lowest BCUT2D eigenvalue weighted by atomic mass is 10.1. The smallest absolute Gasteiger partial charge is 0.261 e. The van der Waals surface area contributed by atoms with Crippen LogP contribution in [0.1, 0.15) is 25.1 Å². The van der Waals surface area contributed by atoms with Crippen molar-refractivity contribution in [2.45, 2.75) is 37.1 Å². The van der Waals surface area contributed by atoms with Gasteiger partial charge >= 0.3 is 0 Å². The number of fused-ring (bicyclic) bond motifs is 1. The molecule has 27 heavy (non-hydrogen) atoms. The lowest BCUT2D eigenvalue weighted by Crippen LogP contribution is -2.14. The molecule has 0 spiro atoms. The number of hydrogen-bond acceptors (Lipinski definition) is 4. The van der Waals surface area contributed by atoms with Gasteiger partial charge in [0.2, 0.25) is 0 Å². The van der Waals surface area contributed by atoms with Gasteiger partial charge in [-0.25, -0.2) is 8.42 Å². The first-order valence-corrected chi connectivity index (χ1v) is 10.7. The number of nitrogens with one attached hydrogen (secondary N) is 1. The number of nitrogens with zero attached hydrogens (tertiary/aromatic N) is 3. The Labute approximate surface area is 163 Å². The van der Waals surface area contributed by atoms with Gasteiger partial charge < -0.3 is 4.57 Å². The Bertz CT molecular complexity index is 1080. The Hall–Kier alpha value is -2.38. The molecule has 0 fully saturated rings. The minimum absolute atomic E-state index is 0.116. The average Bonchev–Trinajstić information content (AvgIpc) is 2.90. The molecule has 0 atom stereocenters. The van der Waals surface area contributed by atoms with Gasteiger partial charge in [0.15, 0.2) is 5.82 Å². The van der Waals surface area contributed by atoms with Crippen LogP contribution >= 0.6 is 11.6 Å². The highest BCUT2D eigenvalue weighted by Crippen LogP contribution is 2.30. The highest BCUT2D eigenvalue weighted by molar-refractivity contribution is 7.92. The van der Waals surface area contributed by atoms with Crippen LogP contribution in [-0.4, -0.2) is 23.2 Å². The summed E-state index contributed by atoms with van der Waals surface area (Å²) in [6.07, 6.45) is 4.21. The van der Waals surface area contributed by atoms with Crippen molar-refractivity contribution < 1.29 is 8.42 Å². The van der Waals surface area contributed by atoms with Crippen molar-refractivity contribution in [3.8, 4) is 11.4 Å². The van der Waals surface area contributed by atoms with Crippen molar-refractivity contribution in [3.63, 3.8) is 0 Å². The van der Waals surface area contributed by atoms with Gasteiger partial charge in [0.25, 0.3) is 10.0 Å². The third kappa shape index (κ3) is 3.70. The molecule has 0 unspecified atom stereocenters. The van der Waals surface area contributed by atoms with Crippen LogP contribution in [0.15, 0.2) is 53.4 Å². The Morgan fingerprint density at radius 1 is 1.00 bits per heavy atom. The zero-order valence-electron chi connectivity index (χ0n) is 14.6. The van der Waals surface area contributed by atoms with Crippen LogP contribution in [0.3, 0.4) is 0 Å². The summed E-state index contributed by atoms with van der Waals surface area (Å²) in [6, 6.07) is 13.4. The van der Waals surface area contributed by atoms with Crippen LogP contribution in [0.4, 0.5) is 5.69 Å². The minimum Gasteiger partial charge on any atom is -0.311 e. The number of hydrogen-bond donors (Lipinski definition) is 1. The molecule has 0 bridgehead atoms. The SMILES string of the molecule is O=S(=O)(Nc1ccccc1-c1nnc2n1CCCCC2)c1cccc(Cl)c1. The molecule has 3 aromatic rings. The Balaban J connectivity index is 1.74. The lowest BCUT2D eigenvalue weighted by Gasteiger charge is -2.13. The summed E-state index contributed by atoms with van der Waals surface area (Å²) >= 11 is 5.95. The maximum absolute atomic E-state index is 12.8. The molecule has 1 N–H and O–H groups in total. The second-order valence-corrected chi connectivity index (χ2v) is 8.63. The Morgan fingerprint density at radius 3 is 2.70 bits per heavy atom. The molecular weight excluding hydrogens is 384 g/mol. The van der Waals surface area contributed by atoms with Gasteiger partial charge in [0.05, 0.1) is 10.6 Å². The highest BCUT2D eigenvalue weighted by atomic mass is 35.5. The number of para-hydroxylation sites is 1. The van der Waals surface area contributed by atoms with E-state index < -0.39 is 10.0 Å². The van der Waals surface area contributed by atoms with Crippen molar-refractivity contribution in [1.29, 1.82) is 0 Å². The van der Waals surface area contributed by atoms with Crippen LogP contribution in [-0.2, 0) is 23.0 Å². The molecule has 0 saturated carbocycles. The summed E-state index contributed by atoms with van der Waals surface area (Å²) < 4.78 is 30.4. The standard InChI is InChI=1S/C19H19ClN4O2S/c20-14-7-6-8-15(13-14)27(25,26)23-17-10-4-3-9-16(17)19-22-21-18-11-2-1-5-12-24(18)19/h3-4,6-10,13,23H,1-2,5,11-12H2. The van der Waals surface area contributed by atoms with Crippen molar-refractivity contribution in [2.24, 2.45) is 0 Å². The van der Waals surface area contributed by atoms with E-state index in [4.69, 9.17) is 11.6 Å². The molecule has 4 rings (SSSR count). The maximum Gasteiger partial charge on any atom is 0.261 e. The largest absolute Gasteiger partial charge is 0.311 e. The molecule has 0 amide bonds. The maximum atomic E-state index is 12.8. The van der Waals surface area contributed by atoms with Gasteiger partial charge in [-0.3, -0.25) is 4.72 Å². The monoisotopic (exact) mass is 402 g/mol. The minimum atomic E-state index is -3.77. The normalized spacial score (nSPS) is 14.4. The number of benzene rings is 2. The summed E-state index contributed by atoms with van der Waals surface area (Å²) in [5, 5.41) is 9.03. The zero-order valence-corrected chi connectivity index (χ0v) is 16.2. The predicted molar refractivity (Wildman–Crippen MR) is 105 cm³/mol. The van der Waals surface area contributed by atoms with Crippen molar-refractivity contribution in [1.82, 2.24) is 14.8 Å². The van der Waals surface area contributed by atoms with E-state index in [2.05, 4.69) is 19.5 Å². The highest BCUT2D eigenvalue weighted by Gasteiger charge is 2.21. The third-order valence-corrected chi connectivity index (χ3v) is 6.23. The summed E-state index contributed by atoms with van der Waals surface area (Å²) in [5.41, 5.74) is 1.18. The fourth-order valence-corrected chi connectivity index (χ4v) is 4.67. The molecule has 140 valence electrons. The fourth-order valence-electron chi connectivity index (χ4n) is 3.29. The van der Waals surface area contributed by atoms with Crippen LogP contribution < -0.4 is 4.72 Å². The predicted octanol–water partition coefficient (Wildman–Crippen LogP) is 4.13. The zero-order chi connectivity index (χ0) is 18.9. The van der Waals surface area contributed by atoms with Gasteiger partial charge in [-0.05, 0) is 43.2 Å². The molecule has 0 radical (unpaired) electrons. The van der Waals surface area contributed by atoms with Crippen LogP contribution in [0, 0.1) is 0 Å². The van der Waals surface area contributed by atoms with Gasteiger partial charge in [-0.2, -0.15) is 0 Å². The molecule has 0 saturated heterocycles. The molecule has 0 aliphatic carbocycles. The van der Waals surface area contributed by atoms with E-state index in [1.54, 1.807) is 24.3 Å². The third-order valence-electron chi connectivity index (χ3n) is 4.63. The number of aryl methyl sites for hydroxylation is 1. The van der Waals surface area contributed by atoms with Gasteiger partial charge in [0.1, 0.15) is 5.82 Å². The van der Waals surface area contributed by atoms with E-state index in [1.807, 2.05) is 12.1 Å². The van der Waals surface area contributed by atoms with E-state index in [0.29, 0.717) is 22.1 Å². The molecule has 2 heterocycles. The van der Waals surface area contributed by atoms with Gasteiger partial charge in [-0.1, -0.05) is 36.2 Å². The van der Waals surface area contributed by atoms with Crippen molar-refractivity contribution in [3.05, 3.63) is 59.4 Å². The van der Waals surface area contributed by atoms with E-state index >= 15 is 0 Å². The first-order valence-electron chi connectivity index (χ1n) is 8.84. The molecular formula is C19H19ClN4O2S. The van der Waals surface area contributed by atoms with Crippen molar-refractivity contribution >= 4 is 27.3 Å². The first-order chi connectivity index (χ1) is 13.0. The second-order valence-electron chi connectivity index (χ2n) is 6.51. The van der Waals surface area contributed by atoms with Crippen LogP contribution in [0.2, 0.25) is 5.02 Å². The second kappa shape index (κ2) is 7.32. The van der Waals surface area contributed by atoms with E-state index in [0.717, 1.165) is 38.1 Å². The topological polar surface area (TPSA) is 76.9 Å². The summed E-state index contributed by atoms with van der Waals surface area (Å²) in [6.45, 7) is 0.840. The van der Waals surface area contributed by atoms with Crippen LogP contribution in [0.5, 0.6) is 0 Å². The molecule has 8 heteroatoms. The lowest BCUT2D eigenvalue weighted by molar-refractivity contribution is 0.601. The molecule has 1 aliphatic heterocycles. The quantitative estimate of drug-likeness (QED) is 0.711. The van der Waals surface area contributed by atoms with Gasteiger partial charge in [-0.15, -0.1) is 10.2 Å². The average molecular weight is 403 g/mol. The van der Waals surface area contributed by atoms with E-state index in [-0.39, 0.29) is 4.90 Å². The number of rotatable bonds is 4. The molecule has 1 aromatic heterocycles. The number of halogens is 1. The van der Waals surface area contributed by atoms with Crippen LogP contribution in [0.25, 0.3) is 11.4 Å². The number of aromatic nitrogens is 3. The summed E-state index contributed by atoms with van der Waals surface area (Å²) in [7, 11) is -3.77. The fraction of sp³-hybridized carbons (Fsp3) is 0.263. The summed E-state index contributed by atoms with van der Waals surface area (Å²) in [5.74, 6) is 1.64. The number of sulfonamides is 1. The van der Waals surface area contributed by atoms with E-state index in [1.165, 1.54) is 12.1 Å². The van der Waals surface area contributed by atoms with E-state index in [9.17, 15) is 8.42 Å². The molecule has 1 aliphatic rings. The Morgan fingerprint density at radius 2 is 1.85 bits per heavy atom. The molecule has 2 aromatic carbocycles. The Kier molecular flexibility index (Phi) is 4.88. The first kappa shape index (κ1) is 18.0. The van der Waals surface area contributed by atoms with Gasteiger partial charge in [0, 0.05) is 23.6 Å². The summed E-state index contributed by atoms with van der Waals surface area (Å²) in [4.78, 5) is 0.116. The molecule has 6 nitrogen and oxygen atoms in total.